The predicted molar refractivity (Wildman–Crippen MR) is 147 cm³/mol. The molecule has 6 nitrogen and oxygen atoms in total. The third-order valence-electron chi connectivity index (χ3n) is 5.89. The third-order valence-corrected chi connectivity index (χ3v) is 7.25. The number of nitrogens with zero attached hydrogens (tertiary/aromatic N) is 4. The van der Waals surface area contributed by atoms with Crippen molar-refractivity contribution in [1.82, 2.24) is 19.7 Å². The molecule has 5 rings (SSSR count). The van der Waals surface area contributed by atoms with Crippen LogP contribution in [0.15, 0.2) is 48.8 Å². The summed E-state index contributed by atoms with van der Waals surface area (Å²) in [7, 11) is 1.89. The van der Waals surface area contributed by atoms with E-state index in [1.165, 1.54) is 0 Å². The first-order valence-corrected chi connectivity index (χ1v) is 12.9. The first-order valence-electron chi connectivity index (χ1n) is 11.7. The summed E-state index contributed by atoms with van der Waals surface area (Å²) >= 11 is 7.78. The summed E-state index contributed by atoms with van der Waals surface area (Å²) in [4.78, 5) is 22.5. The first kappa shape index (κ1) is 24.6. The molecule has 8 heteroatoms. The second-order valence-electron chi connectivity index (χ2n) is 10.0. The normalized spacial score (nSPS) is 13.0. The van der Waals surface area contributed by atoms with Crippen molar-refractivity contribution < 1.29 is 9.53 Å². The van der Waals surface area contributed by atoms with Crippen LogP contribution in [0.5, 0.6) is 0 Å². The molecule has 0 fully saturated rings. The molecule has 0 saturated carbocycles. The number of hydrogen-bond acceptors (Lipinski definition) is 6. The Morgan fingerprint density at radius 1 is 1.14 bits per heavy atom. The molecule has 0 unspecified atom stereocenters. The van der Waals surface area contributed by atoms with Crippen LogP contribution in [0.3, 0.4) is 0 Å². The Bertz CT molecular complexity index is 1610. The number of aromatic nitrogens is 4. The zero-order valence-corrected chi connectivity index (χ0v) is 22.7. The van der Waals surface area contributed by atoms with Gasteiger partial charge >= 0.3 is 0 Å². The average Bonchev–Trinajstić information content (AvgIpc) is 3.38. The largest absolute Gasteiger partial charge is 0.360 e. The summed E-state index contributed by atoms with van der Waals surface area (Å²) in [5.74, 6) is -0.0453. The van der Waals surface area contributed by atoms with Gasteiger partial charge in [-0.1, -0.05) is 23.7 Å². The molecule has 2 aromatic carbocycles. The molecule has 5 aromatic rings. The summed E-state index contributed by atoms with van der Waals surface area (Å²) < 4.78 is 9.08. The monoisotopic (exact) mass is 518 g/mol. The minimum atomic E-state index is -0.713. The molecule has 0 N–H and O–H groups in total. The Morgan fingerprint density at radius 2 is 1.86 bits per heavy atom. The average molecular weight is 519 g/mol. The SMILES string of the molecule is CC(=O)[C@@H](OC(C)(C)C)c1c(C)cc2nc(-c3cc4cn(C)nc4cn3)sc2c1-c1ccc(Cl)cc1. The maximum atomic E-state index is 12.9. The van der Waals surface area contributed by atoms with Gasteiger partial charge in [0.2, 0.25) is 0 Å². The molecule has 184 valence electrons. The number of ketones is 1. The molecule has 36 heavy (non-hydrogen) atoms. The minimum Gasteiger partial charge on any atom is -0.360 e. The summed E-state index contributed by atoms with van der Waals surface area (Å²) in [6, 6.07) is 11.7. The number of Topliss-reactive ketones (excluding diaryl/α,β-unsaturated/α-hetero) is 1. The number of pyridine rings is 1. The van der Waals surface area contributed by atoms with Crippen LogP contribution in [-0.4, -0.2) is 31.1 Å². The van der Waals surface area contributed by atoms with Gasteiger partial charge in [0.1, 0.15) is 16.6 Å². The smallest absolute Gasteiger partial charge is 0.163 e. The quantitative estimate of drug-likeness (QED) is 0.244. The molecule has 1 atom stereocenters. The van der Waals surface area contributed by atoms with Crippen LogP contribution in [0.25, 0.3) is 42.9 Å². The number of carbonyl (C=O) groups is 1. The molecule has 0 aliphatic carbocycles. The number of benzene rings is 2. The van der Waals surface area contributed by atoms with E-state index in [1.807, 2.05) is 77.3 Å². The van der Waals surface area contributed by atoms with Crippen molar-refractivity contribution in [1.29, 1.82) is 0 Å². The van der Waals surface area contributed by atoms with E-state index in [-0.39, 0.29) is 5.78 Å². The Kier molecular flexibility index (Phi) is 6.19. The van der Waals surface area contributed by atoms with E-state index in [2.05, 4.69) is 10.1 Å². The summed E-state index contributed by atoms with van der Waals surface area (Å²) in [5, 5.41) is 6.88. The zero-order valence-electron chi connectivity index (χ0n) is 21.1. The lowest BCUT2D eigenvalue weighted by Gasteiger charge is -2.29. The molecule has 0 spiro atoms. The van der Waals surface area contributed by atoms with Crippen molar-refractivity contribution in [2.45, 2.75) is 46.3 Å². The molecule has 0 radical (unpaired) electrons. The van der Waals surface area contributed by atoms with E-state index in [0.29, 0.717) is 5.02 Å². The summed E-state index contributed by atoms with van der Waals surface area (Å²) in [6.45, 7) is 9.48. The number of ether oxygens (including phenoxy) is 1. The van der Waals surface area contributed by atoms with E-state index < -0.39 is 11.7 Å². The number of aryl methyl sites for hydroxylation is 2. The molecular weight excluding hydrogens is 492 g/mol. The molecule has 0 saturated heterocycles. The van der Waals surface area contributed by atoms with Gasteiger partial charge in [0.05, 0.1) is 27.7 Å². The molecular formula is C28H27ClN4O2S. The van der Waals surface area contributed by atoms with Gasteiger partial charge < -0.3 is 4.74 Å². The molecule has 3 heterocycles. The van der Waals surface area contributed by atoms with Crippen LogP contribution in [0.2, 0.25) is 5.02 Å². The molecule has 0 amide bonds. The van der Waals surface area contributed by atoms with Crippen LogP contribution in [0.1, 0.15) is 44.9 Å². The number of halogens is 1. The number of fused-ring (bicyclic) bond motifs is 2. The topological polar surface area (TPSA) is 69.9 Å². The highest BCUT2D eigenvalue weighted by Gasteiger charge is 2.30. The fraction of sp³-hybridized carbons (Fsp3) is 0.286. The van der Waals surface area contributed by atoms with Gasteiger partial charge in [-0.2, -0.15) is 5.10 Å². The second-order valence-corrected chi connectivity index (χ2v) is 11.4. The lowest BCUT2D eigenvalue weighted by molar-refractivity contribution is -0.138. The van der Waals surface area contributed by atoms with Crippen molar-refractivity contribution in [3.05, 3.63) is 64.9 Å². The molecule has 0 bridgehead atoms. The van der Waals surface area contributed by atoms with E-state index in [0.717, 1.165) is 54.1 Å². The highest BCUT2D eigenvalue weighted by Crippen LogP contribution is 2.44. The lowest BCUT2D eigenvalue weighted by Crippen LogP contribution is -2.27. The van der Waals surface area contributed by atoms with Crippen LogP contribution < -0.4 is 0 Å². The highest BCUT2D eigenvalue weighted by atomic mass is 35.5. The first-order chi connectivity index (χ1) is 17.0. The fourth-order valence-corrected chi connectivity index (χ4v) is 5.65. The Hall–Kier alpha value is -3.13. The maximum absolute atomic E-state index is 12.9. The second kappa shape index (κ2) is 9.07. The van der Waals surface area contributed by atoms with Crippen LogP contribution >= 0.6 is 22.9 Å². The fourth-order valence-electron chi connectivity index (χ4n) is 4.43. The summed E-state index contributed by atoms with van der Waals surface area (Å²) in [6.07, 6.45) is 3.03. The van der Waals surface area contributed by atoms with E-state index in [4.69, 9.17) is 21.3 Å². The van der Waals surface area contributed by atoms with E-state index >= 15 is 0 Å². The van der Waals surface area contributed by atoms with Crippen molar-refractivity contribution in [3.63, 3.8) is 0 Å². The predicted octanol–water partition coefficient (Wildman–Crippen LogP) is 7.32. The number of carbonyl (C=O) groups excluding carboxylic acids is 1. The molecule has 0 aliphatic heterocycles. The number of hydrogen-bond donors (Lipinski definition) is 0. The van der Waals surface area contributed by atoms with Crippen molar-refractivity contribution in [2.24, 2.45) is 7.05 Å². The van der Waals surface area contributed by atoms with Gasteiger partial charge in [-0.25, -0.2) is 4.98 Å². The van der Waals surface area contributed by atoms with Gasteiger partial charge in [-0.05, 0) is 70.0 Å². The third kappa shape index (κ3) is 4.66. The molecule has 0 aliphatic rings. The Morgan fingerprint density at radius 3 is 2.53 bits per heavy atom. The van der Waals surface area contributed by atoms with Crippen molar-refractivity contribution in [3.8, 4) is 21.8 Å². The van der Waals surface area contributed by atoms with Crippen LogP contribution in [-0.2, 0) is 16.6 Å². The molecule has 3 aromatic heterocycles. The van der Waals surface area contributed by atoms with Crippen LogP contribution in [0.4, 0.5) is 0 Å². The van der Waals surface area contributed by atoms with Gasteiger partial charge in [0.15, 0.2) is 5.78 Å². The van der Waals surface area contributed by atoms with Gasteiger partial charge in [-0.3, -0.25) is 14.5 Å². The van der Waals surface area contributed by atoms with Crippen molar-refractivity contribution >= 4 is 49.8 Å². The van der Waals surface area contributed by atoms with Crippen LogP contribution in [0, 0.1) is 6.92 Å². The maximum Gasteiger partial charge on any atom is 0.163 e. The van der Waals surface area contributed by atoms with E-state index in [9.17, 15) is 4.79 Å². The Balaban J connectivity index is 1.78. The number of thiazole rings is 1. The highest BCUT2D eigenvalue weighted by molar-refractivity contribution is 7.22. The minimum absolute atomic E-state index is 0.0453. The van der Waals surface area contributed by atoms with Gasteiger partial charge in [0, 0.05) is 34.8 Å². The van der Waals surface area contributed by atoms with Gasteiger partial charge in [-0.15, -0.1) is 11.3 Å². The lowest BCUT2D eigenvalue weighted by atomic mass is 9.90. The zero-order chi connectivity index (χ0) is 25.8. The van der Waals surface area contributed by atoms with Crippen molar-refractivity contribution in [2.75, 3.05) is 0 Å². The Labute approximate surface area is 218 Å². The standard InChI is InChI=1S/C28H27ClN4O2S/c1-15-11-20-26(36-27(31-20)21-12-18-14-33(6)32-22(18)13-30-21)24(17-7-9-19(29)10-8-17)23(15)25(16(2)34)35-28(3,4)5/h7-14,25H,1-6H3/t25-/m1/s1. The van der Waals surface area contributed by atoms with E-state index in [1.54, 1.807) is 29.1 Å². The summed E-state index contributed by atoms with van der Waals surface area (Å²) in [5.41, 5.74) is 5.68. The van der Waals surface area contributed by atoms with Gasteiger partial charge in [0.25, 0.3) is 0 Å². The number of rotatable bonds is 5.